The van der Waals surface area contributed by atoms with Crippen LogP contribution in [0, 0.1) is 6.92 Å². The Hall–Kier alpha value is -1.82. The van der Waals surface area contributed by atoms with Gasteiger partial charge in [0.1, 0.15) is 0 Å². The van der Waals surface area contributed by atoms with E-state index in [1.165, 1.54) is 33.4 Å². The zero-order valence-electron chi connectivity index (χ0n) is 12.8. The summed E-state index contributed by atoms with van der Waals surface area (Å²) in [6, 6.07) is 15.6. The molecule has 0 radical (unpaired) electrons. The molecular formula is C20H22. The molecule has 0 bridgehead atoms. The lowest BCUT2D eigenvalue weighted by Crippen LogP contribution is -2.11. The molecule has 1 aliphatic rings. The van der Waals surface area contributed by atoms with Gasteiger partial charge in [-0.15, -0.1) is 0 Å². The maximum atomic E-state index is 2.38. The van der Waals surface area contributed by atoms with Crippen molar-refractivity contribution < 1.29 is 0 Å². The van der Waals surface area contributed by atoms with Gasteiger partial charge in [-0.1, -0.05) is 69.3 Å². The molecule has 20 heavy (non-hydrogen) atoms. The average molecular weight is 262 g/mol. The van der Waals surface area contributed by atoms with Crippen LogP contribution in [0.5, 0.6) is 0 Å². The third kappa shape index (κ3) is 2.31. The average Bonchev–Trinajstić information content (AvgIpc) is 2.81. The first-order chi connectivity index (χ1) is 9.45. The van der Waals surface area contributed by atoms with Gasteiger partial charge < -0.3 is 0 Å². The third-order valence-corrected chi connectivity index (χ3v) is 4.22. The number of benzene rings is 2. The summed E-state index contributed by atoms with van der Waals surface area (Å²) in [6.07, 6.45) is 3.41. The van der Waals surface area contributed by atoms with E-state index in [9.17, 15) is 0 Å². The number of aryl methyl sites for hydroxylation is 1. The van der Waals surface area contributed by atoms with Crippen molar-refractivity contribution in [3.05, 3.63) is 70.3 Å². The minimum absolute atomic E-state index is 0.203. The van der Waals surface area contributed by atoms with Gasteiger partial charge in [-0.25, -0.2) is 0 Å². The highest BCUT2D eigenvalue weighted by Crippen LogP contribution is 2.35. The van der Waals surface area contributed by atoms with Crippen LogP contribution in [0.4, 0.5) is 0 Å². The van der Waals surface area contributed by atoms with E-state index in [1.54, 1.807) is 0 Å². The van der Waals surface area contributed by atoms with Crippen LogP contribution >= 0.6 is 0 Å². The van der Waals surface area contributed by atoms with E-state index in [2.05, 4.69) is 76.2 Å². The van der Waals surface area contributed by atoms with E-state index in [4.69, 9.17) is 0 Å². The molecule has 0 atom stereocenters. The zero-order valence-corrected chi connectivity index (χ0v) is 12.8. The molecule has 2 aromatic carbocycles. The molecule has 2 aromatic rings. The standard InChI is InChI=1S/C20H22/c1-14-9-10-18(20(2,3)4)13-19(14)17-11-15-7-5-6-8-16(15)12-17/h5-11,13H,12H2,1-4H3. The number of hydrogen-bond donors (Lipinski definition) is 0. The second-order valence-electron chi connectivity index (χ2n) is 6.82. The predicted octanol–water partition coefficient (Wildman–Crippen LogP) is 5.39. The van der Waals surface area contributed by atoms with Crippen molar-refractivity contribution >= 4 is 11.6 Å². The summed E-state index contributed by atoms with van der Waals surface area (Å²) < 4.78 is 0. The van der Waals surface area contributed by atoms with E-state index < -0.39 is 0 Å². The molecule has 0 heteroatoms. The van der Waals surface area contributed by atoms with Crippen LogP contribution in [-0.2, 0) is 11.8 Å². The molecule has 0 unspecified atom stereocenters. The van der Waals surface area contributed by atoms with E-state index in [0.29, 0.717) is 0 Å². The fraction of sp³-hybridized carbons (Fsp3) is 0.300. The van der Waals surface area contributed by atoms with Gasteiger partial charge in [0.15, 0.2) is 0 Å². The van der Waals surface area contributed by atoms with Crippen molar-refractivity contribution in [3.8, 4) is 0 Å². The number of allylic oxidation sites excluding steroid dienone is 1. The summed E-state index contributed by atoms with van der Waals surface area (Å²) in [4.78, 5) is 0. The van der Waals surface area contributed by atoms with Crippen molar-refractivity contribution in [2.24, 2.45) is 0 Å². The van der Waals surface area contributed by atoms with Crippen molar-refractivity contribution in [1.82, 2.24) is 0 Å². The molecule has 0 aliphatic heterocycles. The Morgan fingerprint density at radius 3 is 2.40 bits per heavy atom. The molecule has 0 nitrogen and oxygen atoms in total. The molecule has 0 amide bonds. The van der Waals surface area contributed by atoms with Gasteiger partial charge in [0, 0.05) is 0 Å². The predicted molar refractivity (Wildman–Crippen MR) is 87.9 cm³/mol. The Labute approximate surface area is 122 Å². The maximum absolute atomic E-state index is 2.38. The van der Waals surface area contributed by atoms with Gasteiger partial charge >= 0.3 is 0 Å². The van der Waals surface area contributed by atoms with Crippen molar-refractivity contribution in [2.75, 3.05) is 0 Å². The van der Waals surface area contributed by atoms with Crippen LogP contribution in [0.15, 0.2) is 42.5 Å². The van der Waals surface area contributed by atoms with Crippen LogP contribution in [0.1, 0.15) is 48.6 Å². The normalized spacial score (nSPS) is 14.1. The lowest BCUT2D eigenvalue weighted by atomic mass is 9.84. The Morgan fingerprint density at radius 2 is 1.70 bits per heavy atom. The van der Waals surface area contributed by atoms with Gasteiger partial charge in [-0.3, -0.25) is 0 Å². The van der Waals surface area contributed by atoms with Gasteiger partial charge in [0.25, 0.3) is 0 Å². The van der Waals surface area contributed by atoms with E-state index in [1.807, 2.05) is 0 Å². The molecule has 0 saturated carbocycles. The van der Waals surface area contributed by atoms with Crippen molar-refractivity contribution in [1.29, 1.82) is 0 Å². The summed E-state index contributed by atoms with van der Waals surface area (Å²) >= 11 is 0. The Kier molecular flexibility index (Phi) is 3.05. The topological polar surface area (TPSA) is 0 Å². The van der Waals surface area contributed by atoms with Crippen LogP contribution in [-0.4, -0.2) is 0 Å². The first-order valence-electron chi connectivity index (χ1n) is 7.35. The molecular weight excluding hydrogens is 240 g/mol. The van der Waals surface area contributed by atoms with Gasteiger partial charge in [-0.2, -0.15) is 0 Å². The molecule has 102 valence electrons. The second kappa shape index (κ2) is 4.63. The molecule has 0 spiro atoms. The van der Waals surface area contributed by atoms with Gasteiger partial charge in [0.2, 0.25) is 0 Å². The number of rotatable bonds is 1. The largest absolute Gasteiger partial charge is 0.0619 e. The second-order valence-corrected chi connectivity index (χ2v) is 6.82. The lowest BCUT2D eigenvalue weighted by molar-refractivity contribution is 0.590. The highest BCUT2D eigenvalue weighted by atomic mass is 14.2. The van der Waals surface area contributed by atoms with Crippen LogP contribution in [0.2, 0.25) is 0 Å². The van der Waals surface area contributed by atoms with Gasteiger partial charge in [-0.05, 0) is 52.1 Å². The highest BCUT2D eigenvalue weighted by Gasteiger charge is 2.18. The monoisotopic (exact) mass is 262 g/mol. The number of fused-ring (bicyclic) bond motifs is 1. The summed E-state index contributed by atoms with van der Waals surface area (Å²) in [5.41, 5.74) is 8.68. The molecule has 0 fully saturated rings. The summed E-state index contributed by atoms with van der Waals surface area (Å²) in [6.45, 7) is 9.04. The third-order valence-electron chi connectivity index (χ3n) is 4.22. The quantitative estimate of drug-likeness (QED) is 0.646. The Balaban J connectivity index is 2.05. The molecule has 0 heterocycles. The fourth-order valence-corrected chi connectivity index (χ4v) is 2.89. The van der Waals surface area contributed by atoms with Crippen LogP contribution in [0.3, 0.4) is 0 Å². The van der Waals surface area contributed by atoms with Crippen molar-refractivity contribution in [3.63, 3.8) is 0 Å². The summed E-state index contributed by atoms with van der Waals surface area (Å²) in [5.74, 6) is 0. The lowest BCUT2D eigenvalue weighted by Gasteiger charge is -2.21. The van der Waals surface area contributed by atoms with E-state index in [0.717, 1.165) is 6.42 Å². The minimum atomic E-state index is 0.203. The molecule has 3 rings (SSSR count). The smallest absolute Gasteiger partial charge is 0.00136 e. The zero-order chi connectivity index (χ0) is 14.3. The van der Waals surface area contributed by atoms with Crippen molar-refractivity contribution in [2.45, 2.75) is 39.5 Å². The van der Waals surface area contributed by atoms with Crippen LogP contribution < -0.4 is 0 Å². The summed E-state index contributed by atoms with van der Waals surface area (Å²) in [5, 5.41) is 0. The highest BCUT2D eigenvalue weighted by molar-refractivity contribution is 5.89. The molecule has 0 N–H and O–H groups in total. The molecule has 0 saturated heterocycles. The van der Waals surface area contributed by atoms with E-state index in [-0.39, 0.29) is 5.41 Å². The minimum Gasteiger partial charge on any atom is -0.0619 e. The summed E-state index contributed by atoms with van der Waals surface area (Å²) in [7, 11) is 0. The Morgan fingerprint density at radius 1 is 0.950 bits per heavy atom. The maximum Gasteiger partial charge on any atom is -0.00136 e. The fourth-order valence-electron chi connectivity index (χ4n) is 2.89. The molecule has 0 aromatic heterocycles. The Bertz CT molecular complexity index is 681. The number of hydrogen-bond acceptors (Lipinski definition) is 0. The van der Waals surface area contributed by atoms with E-state index >= 15 is 0 Å². The SMILES string of the molecule is Cc1ccc(C(C)(C)C)cc1C1=Cc2ccccc2C1. The van der Waals surface area contributed by atoms with Gasteiger partial charge in [0.05, 0.1) is 0 Å². The first-order valence-corrected chi connectivity index (χ1v) is 7.35. The molecule has 1 aliphatic carbocycles. The first kappa shape index (κ1) is 13.2. The van der Waals surface area contributed by atoms with Crippen LogP contribution in [0.25, 0.3) is 11.6 Å².